The van der Waals surface area contributed by atoms with E-state index >= 15 is 0 Å². The number of fused-ring (bicyclic) bond motifs is 11. The summed E-state index contributed by atoms with van der Waals surface area (Å²) >= 11 is 0. The SMILES string of the molecule is Cc1nccn1-c1ccccc1CNC(=O)[C@@H]1Cc2ccc(cc2)Oc2ccc(O)c(c2)C(=O)N[C@@H]([C@@H](C)O)C(=O)N[C@@H](C)C(=O)N1. The minimum absolute atomic E-state index is 0.122. The molecule has 0 radical (unpaired) electrons. The van der Waals surface area contributed by atoms with E-state index in [0.29, 0.717) is 11.3 Å². The molecular formula is C34H36N6O7. The van der Waals surface area contributed by atoms with Crippen LogP contribution in [0, 0.1) is 6.92 Å². The van der Waals surface area contributed by atoms with Crippen molar-refractivity contribution in [2.45, 2.75) is 58.0 Å². The first-order valence-corrected chi connectivity index (χ1v) is 15.1. The Balaban J connectivity index is 1.42. The number of nitrogens with zero attached hydrogens (tertiary/aromatic N) is 2. The summed E-state index contributed by atoms with van der Waals surface area (Å²) in [5.41, 5.74) is 2.22. The number of benzene rings is 3. The van der Waals surface area contributed by atoms with Gasteiger partial charge in [0.2, 0.25) is 17.7 Å². The average molecular weight is 641 g/mol. The van der Waals surface area contributed by atoms with Crippen molar-refractivity contribution in [1.29, 1.82) is 0 Å². The first-order valence-electron chi connectivity index (χ1n) is 15.1. The van der Waals surface area contributed by atoms with Crippen molar-refractivity contribution in [3.8, 4) is 22.9 Å². The number of carbonyl (C=O) groups excluding carboxylic acids is 4. The van der Waals surface area contributed by atoms with Gasteiger partial charge in [0, 0.05) is 25.4 Å². The molecule has 4 atom stereocenters. The van der Waals surface area contributed by atoms with Crippen LogP contribution in [0.25, 0.3) is 5.69 Å². The Morgan fingerprint density at radius 1 is 1.02 bits per heavy atom. The van der Waals surface area contributed by atoms with Gasteiger partial charge in [0.25, 0.3) is 5.91 Å². The van der Waals surface area contributed by atoms with Gasteiger partial charge in [0.1, 0.15) is 41.2 Å². The number of para-hydroxylation sites is 1. The summed E-state index contributed by atoms with van der Waals surface area (Å²) in [4.78, 5) is 57.4. The second-order valence-electron chi connectivity index (χ2n) is 11.3. The van der Waals surface area contributed by atoms with Gasteiger partial charge in [-0.15, -0.1) is 0 Å². The molecule has 0 unspecified atom stereocenters. The molecule has 244 valence electrons. The molecule has 0 saturated heterocycles. The number of carbonyl (C=O) groups is 4. The first kappa shape index (κ1) is 32.7. The summed E-state index contributed by atoms with van der Waals surface area (Å²) in [6, 6.07) is 14.8. The van der Waals surface area contributed by atoms with Crippen LogP contribution in [0.4, 0.5) is 0 Å². The van der Waals surface area contributed by atoms with Gasteiger partial charge in [0.05, 0.1) is 17.4 Å². The lowest BCUT2D eigenvalue weighted by atomic mass is 10.0. The molecule has 2 aliphatic heterocycles. The predicted molar refractivity (Wildman–Crippen MR) is 171 cm³/mol. The third-order valence-electron chi connectivity index (χ3n) is 7.78. The van der Waals surface area contributed by atoms with Crippen LogP contribution in [0.1, 0.15) is 41.2 Å². The first-order chi connectivity index (χ1) is 22.5. The number of amides is 4. The minimum Gasteiger partial charge on any atom is -0.507 e. The van der Waals surface area contributed by atoms with E-state index in [0.717, 1.165) is 17.1 Å². The highest BCUT2D eigenvalue weighted by molar-refractivity contribution is 6.01. The molecule has 0 fully saturated rings. The lowest BCUT2D eigenvalue weighted by Crippen LogP contribution is -2.58. The van der Waals surface area contributed by atoms with Gasteiger partial charge in [-0.1, -0.05) is 30.3 Å². The van der Waals surface area contributed by atoms with Crippen LogP contribution in [0.3, 0.4) is 0 Å². The van der Waals surface area contributed by atoms with Crippen molar-refractivity contribution in [3.05, 3.63) is 102 Å². The van der Waals surface area contributed by atoms with E-state index in [1.165, 1.54) is 32.0 Å². The number of nitrogens with one attached hydrogen (secondary N) is 4. The van der Waals surface area contributed by atoms with Gasteiger partial charge in [0.15, 0.2) is 0 Å². The third kappa shape index (κ3) is 7.76. The van der Waals surface area contributed by atoms with Gasteiger partial charge < -0.3 is 40.8 Å². The number of rotatable bonds is 5. The molecule has 4 aromatic rings. The van der Waals surface area contributed by atoms with Crippen LogP contribution in [0.5, 0.6) is 17.2 Å². The molecule has 3 heterocycles. The number of aryl methyl sites for hydroxylation is 1. The van der Waals surface area contributed by atoms with Crippen molar-refractivity contribution in [1.82, 2.24) is 30.8 Å². The van der Waals surface area contributed by atoms with Crippen LogP contribution >= 0.6 is 0 Å². The number of aliphatic hydroxyl groups excluding tert-OH is 1. The number of imidazole rings is 1. The maximum atomic E-state index is 13.6. The molecule has 0 saturated carbocycles. The molecule has 6 rings (SSSR count). The van der Waals surface area contributed by atoms with Crippen LogP contribution in [0.2, 0.25) is 0 Å². The maximum absolute atomic E-state index is 13.6. The topological polar surface area (TPSA) is 184 Å². The second-order valence-corrected chi connectivity index (χ2v) is 11.3. The summed E-state index contributed by atoms with van der Waals surface area (Å²) in [5, 5.41) is 31.2. The van der Waals surface area contributed by atoms with Crippen LogP contribution in [-0.2, 0) is 27.3 Å². The van der Waals surface area contributed by atoms with E-state index in [1.807, 2.05) is 42.0 Å². The number of ether oxygens (including phenoxy) is 1. The Bertz CT molecular complexity index is 1790. The van der Waals surface area contributed by atoms with Crippen molar-refractivity contribution >= 4 is 23.6 Å². The summed E-state index contributed by atoms with van der Waals surface area (Å²) in [6.45, 7) is 4.77. The zero-order valence-corrected chi connectivity index (χ0v) is 26.1. The highest BCUT2D eigenvalue weighted by atomic mass is 16.5. The molecule has 0 aliphatic carbocycles. The monoisotopic (exact) mass is 640 g/mol. The molecule has 4 bridgehead atoms. The number of hydrogen-bond acceptors (Lipinski definition) is 8. The summed E-state index contributed by atoms with van der Waals surface area (Å²) in [5.74, 6) is -1.71. The summed E-state index contributed by atoms with van der Waals surface area (Å²) in [7, 11) is 0. The van der Waals surface area contributed by atoms with Gasteiger partial charge in [-0.2, -0.15) is 0 Å². The van der Waals surface area contributed by atoms with Crippen molar-refractivity contribution < 1.29 is 34.1 Å². The molecule has 4 amide bonds. The number of phenols is 1. The highest BCUT2D eigenvalue weighted by Gasteiger charge is 2.31. The number of aromatic nitrogens is 2. The van der Waals surface area contributed by atoms with E-state index < -0.39 is 47.9 Å². The van der Waals surface area contributed by atoms with Gasteiger partial charge >= 0.3 is 0 Å². The number of aliphatic hydroxyl groups is 1. The van der Waals surface area contributed by atoms with E-state index in [4.69, 9.17) is 4.74 Å². The smallest absolute Gasteiger partial charge is 0.255 e. The molecule has 6 N–H and O–H groups in total. The summed E-state index contributed by atoms with van der Waals surface area (Å²) < 4.78 is 7.80. The average Bonchev–Trinajstić information content (AvgIpc) is 3.48. The number of hydrogen-bond donors (Lipinski definition) is 6. The standard InChI is InChI=1S/C34H36N6O7/c1-19-31(43)38-27(33(45)36-18-23-6-4-5-7-28(23)40-15-14-35-21(40)3)16-22-8-10-24(11-9-22)47-25-12-13-29(42)26(17-25)32(44)39-30(20(2)41)34(46)37-19/h4-15,17,19-20,27,30,41-42H,16,18H2,1-3H3,(H,36,45)(H,37,46)(H,38,43)(H,39,44)/t19-,20+,27-,30-/m0/s1. The zero-order valence-electron chi connectivity index (χ0n) is 26.1. The normalized spacial score (nSPS) is 19.3. The molecular weight excluding hydrogens is 604 g/mol. The lowest BCUT2D eigenvalue weighted by molar-refractivity contribution is -0.133. The highest BCUT2D eigenvalue weighted by Crippen LogP contribution is 2.28. The van der Waals surface area contributed by atoms with Crippen LogP contribution < -0.4 is 26.0 Å². The van der Waals surface area contributed by atoms with Gasteiger partial charge in [-0.05, 0) is 68.3 Å². The Labute approximate surface area is 271 Å². The fourth-order valence-electron chi connectivity index (χ4n) is 5.16. The number of phenolic OH excluding ortho intramolecular Hbond substituents is 1. The molecule has 3 aromatic carbocycles. The van der Waals surface area contributed by atoms with E-state index in [9.17, 15) is 29.4 Å². The van der Waals surface area contributed by atoms with Gasteiger partial charge in [-0.3, -0.25) is 19.2 Å². The summed E-state index contributed by atoms with van der Waals surface area (Å²) in [6.07, 6.45) is 2.29. The predicted octanol–water partition coefficient (Wildman–Crippen LogP) is 2.02. The van der Waals surface area contributed by atoms with E-state index in [-0.39, 0.29) is 30.0 Å². The van der Waals surface area contributed by atoms with Crippen LogP contribution in [-0.4, -0.2) is 67.6 Å². The lowest BCUT2D eigenvalue weighted by Gasteiger charge is -2.25. The van der Waals surface area contributed by atoms with Crippen molar-refractivity contribution in [2.24, 2.45) is 0 Å². The quantitative estimate of drug-likeness (QED) is 0.179. The molecule has 13 heteroatoms. The van der Waals surface area contributed by atoms with E-state index in [2.05, 4.69) is 26.3 Å². The van der Waals surface area contributed by atoms with E-state index in [1.54, 1.807) is 30.5 Å². The zero-order chi connectivity index (χ0) is 33.7. The molecule has 47 heavy (non-hydrogen) atoms. The second kappa shape index (κ2) is 14.2. The molecule has 1 aromatic heterocycles. The Morgan fingerprint density at radius 2 is 1.74 bits per heavy atom. The fourth-order valence-corrected chi connectivity index (χ4v) is 5.16. The third-order valence-corrected chi connectivity index (χ3v) is 7.78. The molecule has 0 spiro atoms. The maximum Gasteiger partial charge on any atom is 0.255 e. The molecule has 2 aliphatic rings. The Kier molecular flexibility index (Phi) is 9.85. The molecule has 13 nitrogen and oxygen atoms in total. The number of aromatic hydroxyl groups is 1. The van der Waals surface area contributed by atoms with Crippen LogP contribution in [0.15, 0.2) is 79.1 Å². The van der Waals surface area contributed by atoms with Crippen molar-refractivity contribution in [3.63, 3.8) is 0 Å². The Morgan fingerprint density at radius 3 is 2.45 bits per heavy atom. The van der Waals surface area contributed by atoms with Crippen molar-refractivity contribution in [2.75, 3.05) is 0 Å². The Hall–Kier alpha value is -5.69. The van der Waals surface area contributed by atoms with Gasteiger partial charge in [-0.25, -0.2) is 4.98 Å². The largest absolute Gasteiger partial charge is 0.507 e. The minimum atomic E-state index is -1.47. The fraction of sp³-hybridized carbons (Fsp3) is 0.265.